The molecule has 2 aromatic rings. The van der Waals surface area contributed by atoms with Crippen LogP contribution < -0.4 is 5.32 Å². The van der Waals surface area contributed by atoms with Gasteiger partial charge in [0.2, 0.25) is 5.91 Å². The molecule has 0 aromatic heterocycles. The highest BCUT2D eigenvalue weighted by Crippen LogP contribution is 2.23. The lowest BCUT2D eigenvalue weighted by Gasteiger charge is -2.39. The summed E-state index contributed by atoms with van der Waals surface area (Å²) in [5.74, 6) is -0.891. The van der Waals surface area contributed by atoms with E-state index in [0.29, 0.717) is 18.7 Å². The van der Waals surface area contributed by atoms with Crippen LogP contribution in [0.25, 0.3) is 0 Å². The molecule has 8 heteroatoms. The van der Waals surface area contributed by atoms with E-state index in [9.17, 15) is 14.0 Å². The molecule has 0 saturated carbocycles. The fourth-order valence-electron chi connectivity index (χ4n) is 4.55. The van der Waals surface area contributed by atoms with Crippen molar-refractivity contribution in [3.05, 3.63) is 70.5 Å². The van der Waals surface area contributed by atoms with E-state index in [4.69, 9.17) is 11.6 Å². The van der Waals surface area contributed by atoms with Crippen LogP contribution in [-0.2, 0) is 11.3 Å². The molecule has 33 heavy (non-hydrogen) atoms. The molecule has 2 aliphatic heterocycles. The Balaban J connectivity index is 1.46. The number of rotatable bonds is 6. The summed E-state index contributed by atoms with van der Waals surface area (Å²) in [7, 11) is 0. The third-order valence-corrected chi connectivity index (χ3v) is 6.74. The summed E-state index contributed by atoms with van der Waals surface area (Å²) in [6, 6.07) is 14.3. The monoisotopic (exact) mass is 472 g/mol. The second kappa shape index (κ2) is 11.1. The number of hydrogen-bond acceptors (Lipinski definition) is 4. The quantitative estimate of drug-likeness (QED) is 0.702. The van der Waals surface area contributed by atoms with Gasteiger partial charge in [0.1, 0.15) is 12.4 Å². The first-order valence-electron chi connectivity index (χ1n) is 11.5. The van der Waals surface area contributed by atoms with Gasteiger partial charge in [-0.1, -0.05) is 41.9 Å². The molecule has 2 aromatic carbocycles. The maximum Gasteiger partial charge on any atom is 0.254 e. The predicted molar refractivity (Wildman–Crippen MR) is 127 cm³/mol. The lowest BCUT2D eigenvalue weighted by atomic mass is 10.0. The van der Waals surface area contributed by atoms with Crippen LogP contribution in [-0.4, -0.2) is 78.4 Å². The van der Waals surface area contributed by atoms with Gasteiger partial charge in [0, 0.05) is 57.4 Å². The number of carbonyl (C=O) groups excluding carboxylic acids is 2. The largest absolute Gasteiger partial charge is 0.339 e. The van der Waals surface area contributed by atoms with Gasteiger partial charge < -0.3 is 15.1 Å². The van der Waals surface area contributed by atoms with Gasteiger partial charge in [-0.05, 0) is 36.6 Å². The molecule has 2 heterocycles. The number of likely N-dealkylation sites (tertiary alicyclic amines) is 1. The molecule has 2 saturated heterocycles. The highest BCUT2D eigenvalue weighted by atomic mass is 35.5. The topological polar surface area (TPSA) is 55.9 Å². The lowest BCUT2D eigenvalue weighted by molar-refractivity contribution is -0.133. The van der Waals surface area contributed by atoms with Crippen molar-refractivity contribution in [2.45, 2.75) is 25.4 Å². The van der Waals surface area contributed by atoms with E-state index in [1.165, 1.54) is 23.8 Å². The van der Waals surface area contributed by atoms with Crippen molar-refractivity contribution in [3.8, 4) is 0 Å². The Labute approximate surface area is 199 Å². The summed E-state index contributed by atoms with van der Waals surface area (Å²) in [4.78, 5) is 32.3. The van der Waals surface area contributed by atoms with Gasteiger partial charge in [-0.25, -0.2) is 4.39 Å². The molecule has 0 spiro atoms. The molecular weight excluding hydrogens is 443 g/mol. The van der Waals surface area contributed by atoms with Crippen LogP contribution in [0.1, 0.15) is 28.8 Å². The summed E-state index contributed by atoms with van der Waals surface area (Å²) in [6.07, 6.45) is 1.56. The standard InChI is InChI=1S/C25H30ClFN4O2/c26-22-16-20(6-7-23(22)27)25(33)31(18-24(32)30-14-10-28-11-15-30)21-8-12-29(13-9-21)17-19-4-2-1-3-5-19/h1-7,16,21,28H,8-15,17-18H2. The second-order valence-corrected chi connectivity index (χ2v) is 9.09. The number of amides is 2. The SMILES string of the molecule is O=C(CN(C(=O)c1ccc(F)c(Cl)c1)C1CCN(Cc2ccccc2)CC1)N1CCNCC1. The third-order valence-electron chi connectivity index (χ3n) is 6.45. The van der Waals surface area contributed by atoms with Crippen molar-refractivity contribution in [2.24, 2.45) is 0 Å². The number of piperidine rings is 1. The lowest BCUT2D eigenvalue weighted by Crippen LogP contribution is -2.54. The Morgan fingerprint density at radius 2 is 1.73 bits per heavy atom. The molecule has 4 rings (SSSR count). The van der Waals surface area contributed by atoms with Gasteiger partial charge >= 0.3 is 0 Å². The van der Waals surface area contributed by atoms with Gasteiger partial charge in [-0.3, -0.25) is 14.5 Å². The molecule has 6 nitrogen and oxygen atoms in total. The van der Waals surface area contributed by atoms with Crippen molar-refractivity contribution in [3.63, 3.8) is 0 Å². The van der Waals surface area contributed by atoms with Crippen LogP contribution in [0.5, 0.6) is 0 Å². The van der Waals surface area contributed by atoms with Crippen molar-refractivity contribution >= 4 is 23.4 Å². The maximum atomic E-state index is 13.7. The molecule has 1 N–H and O–H groups in total. The first kappa shape index (κ1) is 23.7. The average Bonchev–Trinajstić information content (AvgIpc) is 2.85. The van der Waals surface area contributed by atoms with Crippen LogP contribution in [0.2, 0.25) is 5.02 Å². The first-order chi connectivity index (χ1) is 16.0. The molecule has 2 fully saturated rings. The number of hydrogen-bond donors (Lipinski definition) is 1. The highest BCUT2D eigenvalue weighted by molar-refractivity contribution is 6.31. The average molecular weight is 473 g/mol. The van der Waals surface area contributed by atoms with E-state index in [1.807, 2.05) is 18.2 Å². The first-order valence-corrected chi connectivity index (χ1v) is 11.9. The Bertz CT molecular complexity index is 960. The zero-order chi connectivity index (χ0) is 23.2. The van der Waals surface area contributed by atoms with Crippen molar-refractivity contribution < 1.29 is 14.0 Å². The van der Waals surface area contributed by atoms with Gasteiger partial charge in [-0.15, -0.1) is 0 Å². The molecule has 2 amide bonds. The maximum absolute atomic E-state index is 13.7. The Hall–Kier alpha value is -2.48. The van der Waals surface area contributed by atoms with Gasteiger partial charge in [-0.2, -0.15) is 0 Å². The van der Waals surface area contributed by atoms with Crippen LogP contribution in [0.3, 0.4) is 0 Å². The summed E-state index contributed by atoms with van der Waals surface area (Å²) < 4.78 is 13.7. The fourth-order valence-corrected chi connectivity index (χ4v) is 4.73. The molecular formula is C25H30ClFN4O2. The smallest absolute Gasteiger partial charge is 0.254 e. The summed E-state index contributed by atoms with van der Waals surface area (Å²) in [5, 5.41) is 3.15. The second-order valence-electron chi connectivity index (χ2n) is 8.69. The molecule has 0 aliphatic carbocycles. The van der Waals surface area contributed by atoms with Crippen molar-refractivity contribution in [2.75, 3.05) is 45.8 Å². The van der Waals surface area contributed by atoms with E-state index in [2.05, 4.69) is 22.3 Å². The van der Waals surface area contributed by atoms with Gasteiger partial charge in [0.05, 0.1) is 5.02 Å². The fraction of sp³-hybridized carbons (Fsp3) is 0.440. The molecule has 2 aliphatic rings. The van der Waals surface area contributed by atoms with E-state index < -0.39 is 5.82 Å². The zero-order valence-corrected chi connectivity index (χ0v) is 19.4. The van der Waals surface area contributed by atoms with E-state index >= 15 is 0 Å². The molecule has 0 atom stereocenters. The number of carbonyl (C=O) groups is 2. The van der Waals surface area contributed by atoms with Crippen LogP contribution >= 0.6 is 11.6 Å². The van der Waals surface area contributed by atoms with Crippen LogP contribution in [0.4, 0.5) is 4.39 Å². The van der Waals surface area contributed by atoms with Gasteiger partial charge in [0.25, 0.3) is 5.91 Å². The van der Waals surface area contributed by atoms with Crippen LogP contribution in [0.15, 0.2) is 48.5 Å². The van der Waals surface area contributed by atoms with E-state index in [-0.39, 0.29) is 29.4 Å². The van der Waals surface area contributed by atoms with Crippen molar-refractivity contribution in [1.29, 1.82) is 0 Å². The molecule has 0 bridgehead atoms. The molecule has 0 unspecified atom stereocenters. The zero-order valence-electron chi connectivity index (χ0n) is 18.7. The molecule has 176 valence electrons. The Kier molecular flexibility index (Phi) is 7.96. The Morgan fingerprint density at radius 3 is 2.39 bits per heavy atom. The van der Waals surface area contributed by atoms with Crippen LogP contribution in [0, 0.1) is 5.82 Å². The molecule has 0 radical (unpaired) electrons. The summed E-state index contributed by atoms with van der Waals surface area (Å²) in [5.41, 5.74) is 1.57. The number of halogens is 2. The van der Waals surface area contributed by atoms with Crippen molar-refractivity contribution in [1.82, 2.24) is 20.0 Å². The van der Waals surface area contributed by atoms with E-state index in [1.54, 1.807) is 9.80 Å². The minimum Gasteiger partial charge on any atom is -0.339 e. The minimum atomic E-state index is -0.564. The number of nitrogens with zero attached hydrogens (tertiary/aromatic N) is 3. The summed E-state index contributed by atoms with van der Waals surface area (Å²) >= 11 is 5.94. The summed E-state index contributed by atoms with van der Waals surface area (Å²) in [6.45, 7) is 5.37. The van der Waals surface area contributed by atoms with E-state index in [0.717, 1.165) is 45.6 Å². The Morgan fingerprint density at radius 1 is 1.03 bits per heavy atom. The van der Waals surface area contributed by atoms with Gasteiger partial charge in [0.15, 0.2) is 0 Å². The third kappa shape index (κ3) is 6.10. The number of piperazine rings is 1. The highest BCUT2D eigenvalue weighted by Gasteiger charge is 2.32. The predicted octanol–water partition coefficient (Wildman–Crippen LogP) is 3.02. The minimum absolute atomic E-state index is 0.0250. The number of benzene rings is 2. The number of nitrogens with one attached hydrogen (secondary N) is 1. The normalized spacial score (nSPS) is 17.7.